The number of amides is 3. The summed E-state index contributed by atoms with van der Waals surface area (Å²) in [5.74, 6) is -2.89. The quantitative estimate of drug-likeness (QED) is 0.173. The summed E-state index contributed by atoms with van der Waals surface area (Å²) in [6.45, 7) is 5.01. The smallest absolute Gasteiger partial charge is 0.350 e. The minimum absolute atomic E-state index is 0.0111. The van der Waals surface area contributed by atoms with Crippen molar-refractivity contribution in [2.75, 3.05) is 10.6 Å². The molecular weight excluding hydrogens is 665 g/mol. The lowest BCUT2D eigenvalue weighted by atomic mass is 10.1. The Hall–Kier alpha value is -4.63. The third-order valence-corrected chi connectivity index (χ3v) is 6.68. The summed E-state index contributed by atoms with van der Waals surface area (Å²) in [5, 5.41) is 11.5. The van der Waals surface area contributed by atoms with Crippen LogP contribution in [0.15, 0.2) is 54.7 Å². The molecule has 0 spiro atoms. The lowest BCUT2D eigenvalue weighted by molar-refractivity contribution is -0.143. The van der Waals surface area contributed by atoms with Crippen molar-refractivity contribution in [3.05, 3.63) is 98.4 Å². The van der Waals surface area contributed by atoms with Crippen molar-refractivity contribution in [2.24, 2.45) is 0 Å². The van der Waals surface area contributed by atoms with Gasteiger partial charge in [-0.3, -0.25) is 14.4 Å². The van der Waals surface area contributed by atoms with E-state index < -0.39 is 52.6 Å². The van der Waals surface area contributed by atoms with Crippen molar-refractivity contribution in [2.45, 2.75) is 39.2 Å². The van der Waals surface area contributed by atoms with Crippen LogP contribution in [-0.4, -0.2) is 38.5 Å². The fourth-order valence-electron chi connectivity index (χ4n) is 4.18. The van der Waals surface area contributed by atoms with Crippen LogP contribution in [0.1, 0.15) is 61.9 Å². The first-order valence-electron chi connectivity index (χ1n) is 13.1. The molecule has 4 aromatic rings. The van der Waals surface area contributed by atoms with Crippen molar-refractivity contribution in [3.8, 4) is 5.82 Å². The van der Waals surface area contributed by atoms with Crippen molar-refractivity contribution >= 4 is 52.3 Å². The first-order valence-corrected chi connectivity index (χ1v) is 13.8. The SMILES string of the molecule is Cc1cc(Cl)cc(C(=O)NC(C)C)c1NC(=O)c1cc(C(=O)Nc2cc(C(F)(F)F)cc(C(F)(F)F)c2)nn1-c1ncccc1Cl. The number of pyridine rings is 1. The van der Waals surface area contributed by atoms with E-state index in [0.717, 1.165) is 10.7 Å². The third kappa shape index (κ3) is 7.77. The van der Waals surface area contributed by atoms with Gasteiger partial charge in [-0.1, -0.05) is 23.2 Å². The van der Waals surface area contributed by atoms with Gasteiger partial charge in [0.25, 0.3) is 17.7 Å². The Labute approximate surface area is 266 Å². The van der Waals surface area contributed by atoms with Gasteiger partial charge in [0.05, 0.1) is 27.4 Å². The number of carbonyl (C=O) groups excluding carboxylic acids is 3. The molecule has 0 aliphatic carbocycles. The van der Waals surface area contributed by atoms with Crippen molar-refractivity contribution < 1.29 is 40.7 Å². The van der Waals surface area contributed by atoms with E-state index in [1.165, 1.54) is 30.5 Å². The first-order chi connectivity index (χ1) is 21.3. The maximum Gasteiger partial charge on any atom is 0.416 e. The molecular formula is C29H22Cl2F6N6O3. The molecule has 17 heteroatoms. The number of halogens is 8. The van der Waals surface area contributed by atoms with E-state index >= 15 is 0 Å². The fourth-order valence-corrected chi connectivity index (χ4v) is 4.65. The van der Waals surface area contributed by atoms with Crippen LogP contribution in [0.4, 0.5) is 37.7 Å². The van der Waals surface area contributed by atoms with Crippen LogP contribution in [0.3, 0.4) is 0 Å². The molecule has 0 fully saturated rings. The number of hydrogen-bond acceptors (Lipinski definition) is 5. The predicted octanol–water partition coefficient (Wildman–Crippen LogP) is 7.56. The van der Waals surface area contributed by atoms with Crippen LogP contribution in [0.2, 0.25) is 10.0 Å². The Morgan fingerprint density at radius 3 is 2.04 bits per heavy atom. The zero-order chi connectivity index (χ0) is 34.1. The second-order valence-corrected chi connectivity index (χ2v) is 11.0. The number of alkyl halides is 6. The summed E-state index contributed by atoms with van der Waals surface area (Å²) in [4.78, 5) is 43.8. The maximum atomic E-state index is 13.7. The van der Waals surface area contributed by atoms with Crippen molar-refractivity contribution in [3.63, 3.8) is 0 Å². The van der Waals surface area contributed by atoms with Gasteiger partial charge in [0.15, 0.2) is 11.5 Å². The molecule has 0 aliphatic heterocycles. The van der Waals surface area contributed by atoms with Gasteiger partial charge in [0.1, 0.15) is 5.69 Å². The Morgan fingerprint density at radius 2 is 1.48 bits per heavy atom. The molecule has 242 valence electrons. The normalized spacial score (nSPS) is 11.8. The second kappa shape index (κ2) is 13.0. The highest BCUT2D eigenvalue weighted by atomic mass is 35.5. The largest absolute Gasteiger partial charge is 0.416 e. The molecule has 0 saturated carbocycles. The highest BCUT2D eigenvalue weighted by molar-refractivity contribution is 6.32. The van der Waals surface area contributed by atoms with Crippen LogP contribution in [0.25, 0.3) is 5.82 Å². The number of nitrogens with one attached hydrogen (secondary N) is 3. The van der Waals surface area contributed by atoms with E-state index in [2.05, 4.69) is 20.7 Å². The molecule has 3 amide bonds. The van der Waals surface area contributed by atoms with Gasteiger partial charge < -0.3 is 16.0 Å². The van der Waals surface area contributed by atoms with E-state index in [9.17, 15) is 40.7 Å². The van der Waals surface area contributed by atoms with E-state index in [4.69, 9.17) is 23.2 Å². The highest BCUT2D eigenvalue weighted by Gasteiger charge is 2.37. The number of aromatic nitrogens is 3. The van der Waals surface area contributed by atoms with Gasteiger partial charge in [0.2, 0.25) is 0 Å². The minimum atomic E-state index is -5.16. The Morgan fingerprint density at radius 1 is 0.848 bits per heavy atom. The van der Waals surface area contributed by atoms with E-state index in [1.807, 2.05) is 5.32 Å². The lowest BCUT2D eigenvalue weighted by Gasteiger charge is -2.16. The van der Waals surface area contributed by atoms with Crippen molar-refractivity contribution in [1.29, 1.82) is 0 Å². The molecule has 2 heterocycles. The summed E-state index contributed by atoms with van der Waals surface area (Å²) in [6.07, 6.45) is -9.02. The molecule has 0 atom stereocenters. The minimum Gasteiger partial charge on any atom is -0.350 e. The molecule has 0 radical (unpaired) electrons. The van der Waals surface area contributed by atoms with Crippen molar-refractivity contribution in [1.82, 2.24) is 20.1 Å². The third-order valence-electron chi connectivity index (χ3n) is 6.16. The molecule has 0 unspecified atom stereocenters. The number of benzene rings is 2. The average molecular weight is 687 g/mol. The van der Waals surface area contributed by atoms with E-state index in [-0.39, 0.29) is 44.9 Å². The van der Waals surface area contributed by atoms with Crippen LogP contribution >= 0.6 is 23.2 Å². The van der Waals surface area contributed by atoms with E-state index in [0.29, 0.717) is 17.7 Å². The number of aryl methyl sites for hydroxylation is 1. The molecule has 4 rings (SSSR count). The summed E-state index contributed by atoms with van der Waals surface area (Å²) >= 11 is 12.4. The standard InChI is InChI=1S/C29H22Cl2F6N6O3/c1-13(2)39-25(44)19-11-17(30)7-14(3)23(19)41-27(46)22-12-21(42-43(22)24-20(31)5-4-6-38-24)26(45)40-18-9-15(28(32,33)34)8-16(10-18)29(35,36)37/h4-13H,1-3H3,(H,39,44)(H,40,45)(H,41,46). The van der Waals surface area contributed by atoms with Crippen LogP contribution in [0, 0.1) is 6.92 Å². The second-order valence-electron chi connectivity index (χ2n) is 10.1. The van der Waals surface area contributed by atoms with Crippen LogP contribution in [-0.2, 0) is 12.4 Å². The number of rotatable bonds is 7. The lowest BCUT2D eigenvalue weighted by Crippen LogP contribution is -2.31. The zero-order valence-electron chi connectivity index (χ0n) is 23.9. The van der Waals surface area contributed by atoms with Gasteiger partial charge in [-0.05, 0) is 68.8 Å². The van der Waals surface area contributed by atoms with Crippen LogP contribution in [0.5, 0.6) is 0 Å². The molecule has 3 N–H and O–H groups in total. The fraction of sp³-hybridized carbons (Fsp3) is 0.207. The maximum absolute atomic E-state index is 13.7. The number of nitrogens with zero attached hydrogens (tertiary/aromatic N) is 3. The molecule has 9 nitrogen and oxygen atoms in total. The highest BCUT2D eigenvalue weighted by Crippen LogP contribution is 2.37. The summed E-state index contributed by atoms with van der Waals surface area (Å²) in [7, 11) is 0. The zero-order valence-corrected chi connectivity index (χ0v) is 25.4. The Balaban J connectivity index is 1.78. The Kier molecular flexibility index (Phi) is 9.68. The first kappa shape index (κ1) is 34.2. The topological polar surface area (TPSA) is 118 Å². The van der Waals surface area contributed by atoms with Crippen LogP contribution < -0.4 is 16.0 Å². The summed E-state index contributed by atoms with van der Waals surface area (Å²) in [5.41, 5.74) is -4.66. The summed E-state index contributed by atoms with van der Waals surface area (Å²) in [6, 6.07) is 6.88. The molecule has 2 aromatic heterocycles. The molecule has 46 heavy (non-hydrogen) atoms. The van der Waals surface area contributed by atoms with Gasteiger partial charge in [-0.15, -0.1) is 0 Å². The van der Waals surface area contributed by atoms with E-state index in [1.54, 1.807) is 20.8 Å². The molecule has 0 saturated heterocycles. The van der Waals surface area contributed by atoms with Gasteiger partial charge >= 0.3 is 12.4 Å². The number of carbonyl (C=O) groups is 3. The number of anilines is 2. The number of hydrogen-bond donors (Lipinski definition) is 3. The molecule has 2 aromatic carbocycles. The van der Waals surface area contributed by atoms with Gasteiger partial charge in [0, 0.05) is 29.0 Å². The van der Waals surface area contributed by atoms with Gasteiger partial charge in [-0.25, -0.2) is 9.67 Å². The van der Waals surface area contributed by atoms with Gasteiger partial charge in [-0.2, -0.15) is 31.4 Å². The predicted molar refractivity (Wildman–Crippen MR) is 158 cm³/mol. The molecule has 0 bridgehead atoms. The Bertz CT molecular complexity index is 1810. The summed E-state index contributed by atoms with van der Waals surface area (Å²) < 4.78 is 80.9. The monoisotopic (exact) mass is 686 g/mol. The molecule has 0 aliphatic rings. The average Bonchev–Trinajstić information content (AvgIpc) is 3.39.